The van der Waals surface area contributed by atoms with Gasteiger partial charge in [-0.15, -0.1) is 11.3 Å². The van der Waals surface area contributed by atoms with Crippen molar-refractivity contribution in [3.8, 4) is 33.5 Å². The van der Waals surface area contributed by atoms with Crippen LogP contribution in [0.3, 0.4) is 0 Å². The minimum Gasteiger partial charge on any atom is -0.493 e. The summed E-state index contributed by atoms with van der Waals surface area (Å²) in [6, 6.07) is 17.5. The molecular formula is C26H25N3O4S. The van der Waals surface area contributed by atoms with E-state index in [1.807, 2.05) is 70.9 Å². The summed E-state index contributed by atoms with van der Waals surface area (Å²) in [5.41, 5.74) is 3.46. The summed E-state index contributed by atoms with van der Waals surface area (Å²) in [5, 5.41) is 9.66. The van der Waals surface area contributed by atoms with E-state index in [-0.39, 0.29) is 5.91 Å². The van der Waals surface area contributed by atoms with Crippen LogP contribution in [-0.2, 0) is 11.3 Å². The van der Waals surface area contributed by atoms with Gasteiger partial charge in [0, 0.05) is 24.4 Å². The lowest BCUT2D eigenvalue weighted by atomic mass is 10.1. The molecule has 2 aromatic carbocycles. The van der Waals surface area contributed by atoms with Gasteiger partial charge in [0.2, 0.25) is 11.7 Å². The molecule has 0 unspecified atom stereocenters. The second-order valence-electron chi connectivity index (χ2n) is 7.28. The van der Waals surface area contributed by atoms with Crippen molar-refractivity contribution in [1.82, 2.24) is 15.1 Å². The van der Waals surface area contributed by atoms with Gasteiger partial charge in [-0.25, -0.2) is 4.68 Å². The fourth-order valence-electron chi connectivity index (χ4n) is 3.48. The van der Waals surface area contributed by atoms with Gasteiger partial charge in [0.25, 0.3) is 0 Å². The number of nitrogens with zero attached hydrogens (tertiary/aromatic N) is 2. The number of thiophene rings is 1. The van der Waals surface area contributed by atoms with Gasteiger partial charge in [-0.05, 0) is 47.4 Å². The van der Waals surface area contributed by atoms with E-state index in [2.05, 4.69) is 5.32 Å². The zero-order valence-electron chi connectivity index (χ0n) is 19.1. The fraction of sp³-hybridized carbons (Fsp3) is 0.154. The van der Waals surface area contributed by atoms with Gasteiger partial charge in [0.05, 0.1) is 31.9 Å². The standard InChI is InChI=1S/C26H25N3O4S/c1-31-21-14-18(15-22(32-2)26(21)33-3)16-27-24(30)12-11-19-17-29(20-8-5-4-6-9-20)28-25(19)23-10-7-13-34-23/h4-15,17H,16H2,1-3H3,(H,27,30)/b12-11+. The highest BCUT2D eigenvalue weighted by Gasteiger charge is 2.14. The predicted molar refractivity (Wildman–Crippen MR) is 134 cm³/mol. The van der Waals surface area contributed by atoms with Crippen LogP contribution in [0.5, 0.6) is 17.2 Å². The minimum atomic E-state index is -0.224. The number of para-hydroxylation sites is 1. The molecule has 4 aromatic rings. The van der Waals surface area contributed by atoms with E-state index >= 15 is 0 Å². The third-order valence-electron chi connectivity index (χ3n) is 5.12. The molecule has 8 heteroatoms. The lowest BCUT2D eigenvalue weighted by Crippen LogP contribution is -2.20. The summed E-state index contributed by atoms with van der Waals surface area (Å²) in [5.74, 6) is 1.36. The highest BCUT2D eigenvalue weighted by atomic mass is 32.1. The van der Waals surface area contributed by atoms with Gasteiger partial charge in [-0.2, -0.15) is 5.10 Å². The van der Waals surface area contributed by atoms with Crippen LogP contribution in [0, 0.1) is 0 Å². The first-order valence-electron chi connectivity index (χ1n) is 10.6. The molecule has 0 aliphatic carbocycles. The van der Waals surface area contributed by atoms with Gasteiger partial charge < -0.3 is 19.5 Å². The summed E-state index contributed by atoms with van der Waals surface area (Å²) in [6.45, 7) is 0.306. The lowest BCUT2D eigenvalue weighted by molar-refractivity contribution is -0.116. The largest absolute Gasteiger partial charge is 0.493 e. The molecule has 7 nitrogen and oxygen atoms in total. The fourth-order valence-corrected chi connectivity index (χ4v) is 4.21. The Morgan fingerprint density at radius 3 is 2.38 bits per heavy atom. The summed E-state index contributed by atoms with van der Waals surface area (Å²) >= 11 is 1.61. The van der Waals surface area contributed by atoms with E-state index in [1.165, 1.54) is 6.08 Å². The number of rotatable bonds is 9. The van der Waals surface area contributed by atoms with E-state index in [9.17, 15) is 4.79 Å². The first-order valence-corrected chi connectivity index (χ1v) is 11.4. The van der Waals surface area contributed by atoms with Crippen molar-refractivity contribution in [3.05, 3.63) is 83.4 Å². The number of nitrogens with one attached hydrogen (secondary N) is 1. The Labute approximate surface area is 202 Å². The van der Waals surface area contributed by atoms with E-state index in [0.717, 1.165) is 27.4 Å². The van der Waals surface area contributed by atoms with E-state index in [0.29, 0.717) is 23.8 Å². The van der Waals surface area contributed by atoms with E-state index in [4.69, 9.17) is 19.3 Å². The monoisotopic (exact) mass is 475 g/mol. The van der Waals surface area contributed by atoms with Crippen LogP contribution in [-0.4, -0.2) is 37.0 Å². The molecule has 0 aliphatic heterocycles. The Bertz CT molecular complexity index is 1260. The maximum Gasteiger partial charge on any atom is 0.244 e. The second kappa shape index (κ2) is 10.7. The van der Waals surface area contributed by atoms with Crippen LogP contribution < -0.4 is 19.5 Å². The van der Waals surface area contributed by atoms with Gasteiger partial charge in [-0.1, -0.05) is 24.3 Å². The smallest absolute Gasteiger partial charge is 0.244 e. The molecule has 1 amide bonds. The van der Waals surface area contributed by atoms with E-state index in [1.54, 1.807) is 38.7 Å². The van der Waals surface area contributed by atoms with Crippen LogP contribution in [0.15, 0.2) is 72.3 Å². The molecule has 0 radical (unpaired) electrons. The number of methoxy groups -OCH3 is 3. The first-order chi connectivity index (χ1) is 16.6. The molecule has 174 valence electrons. The van der Waals surface area contributed by atoms with Gasteiger partial charge in [-0.3, -0.25) is 4.79 Å². The molecule has 0 bridgehead atoms. The molecule has 34 heavy (non-hydrogen) atoms. The molecule has 0 fully saturated rings. The second-order valence-corrected chi connectivity index (χ2v) is 8.22. The summed E-state index contributed by atoms with van der Waals surface area (Å²) in [6.07, 6.45) is 5.22. The molecular weight excluding hydrogens is 450 g/mol. The van der Waals surface area contributed by atoms with Crippen molar-refractivity contribution in [2.24, 2.45) is 0 Å². The Kier molecular flexibility index (Phi) is 7.29. The summed E-state index contributed by atoms with van der Waals surface area (Å²) in [7, 11) is 4.67. The van der Waals surface area contributed by atoms with Gasteiger partial charge in [0.1, 0.15) is 5.69 Å². The normalized spacial score (nSPS) is 10.9. The number of carbonyl (C=O) groups is 1. The third-order valence-corrected chi connectivity index (χ3v) is 6.00. The predicted octanol–water partition coefficient (Wildman–Crippen LogP) is 4.96. The van der Waals surface area contributed by atoms with Gasteiger partial charge in [0.15, 0.2) is 11.5 Å². The van der Waals surface area contributed by atoms with Crippen molar-refractivity contribution in [3.63, 3.8) is 0 Å². The maximum atomic E-state index is 12.6. The third kappa shape index (κ3) is 5.13. The quantitative estimate of drug-likeness (QED) is 0.347. The van der Waals surface area contributed by atoms with Crippen molar-refractivity contribution in [1.29, 1.82) is 0 Å². The van der Waals surface area contributed by atoms with Crippen LogP contribution >= 0.6 is 11.3 Å². The summed E-state index contributed by atoms with van der Waals surface area (Å²) in [4.78, 5) is 13.6. The zero-order chi connectivity index (χ0) is 23.9. The van der Waals surface area contributed by atoms with Crippen molar-refractivity contribution in [2.75, 3.05) is 21.3 Å². The average Bonchev–Trinajstić information content (AvgIpc) is 3.56. The molecule has 0 saturated heterocycles. The van der Waals surface area contributed by atoms with Gasteiger partial charge >= 0.3 is 0 Å². The van der Waals surface area contributed by atoms with Crippen molar-refractivity contribution >= 4 is 23.3 Å². The van der Waals surface area contributed by atoms with Crippen LogP contribution in [0.2, 0.25) is 0 Å². The number of hydrogen-bond acceptors (Lipinski definition) is 6. The number of ether oxygens (including phenoxy) is 3. The Hall–Kier alpha value is -4.04. The Balaban J connectivity index is 1.52. The van der Waals surface area contributed by atoms with Crippen LogP contribution in [0.25, 0.3) is 22.3 Å². The number of carbonyl (C=O) groups excluding carboxylic acids is 1. The Morgan fingerprint density at radius 2 is 1.76 bits per heavy atom. The first kappa shape index (κ1) is 23.1. The number of aromatic nitrogens is 2. The molecule has 0 atom stereocenters. The SMILES string of the molecule is COc1cc(CNC(=O)/C=C/c2cn(-c3ccccc3)nc2-c2cccs2)cc(OC)c1OC. The highest BCUT2D eigenvalue weighted by molar-refractivity contribution is 7.13. The highest BCUT2D eigenvalue weighted by Crippen LogP contribution is 2.38. The zero-order valence-corrected chi connectivity index (χ0v) is 20.0. The Morgan fingerprint density at radius 1 is 1.03 bits per heavy atom. The topological polar surface area (TPSA) is 74.6 Å². The molecule has 2 heterocycles. The molecule has 1 N–H and O–H groups in total. The van der Waals surface area contributed by atoms with E-state index < -0.39 is 0 Å². The van der Waals surface area contributed by atoms with Crippen LogP contribution in [0.1, 0.15) is 11.1 Å². The number of amides is 1. The van der Waals surface area contributed by atoms with Crippen molar-refractivity contribution < 1.29 is 19.0 Å². The minimum absolute atomic E-state index is 0.224. The molecule has 0 spiro atoms. The molecule has 2 aromatic heterocycles. The van der Waals surface area contributed by atoms with Crippen LogP contribution in [0.4, 0.5) is 0 Å². The number of benzene rings is 2. The number of hydrogen-bond donors (Lipinski definition) is 1. The molecule has 0 aliphatic rings. The summed E-state index contributed by atoms with van der Waals surface area (Å²) < 4.78 is 17.9. The van der Waals surface area contributed by atoms with Crippen molar-refractivity contribution in [2.45, 2.75) is 6.54 Å². The lowest BCUT2D eigenvalue weighted by Gasteiger charge is -2.14. The average molecular weight is 476 g/mol. The maximum absolute atomic E-state index is 12.6. The molecule has 0 saturated carbocycles. The molecule has 4 rings (SSSR count).